The lowest BCUT2D eigenvalue weighted by molar-refractivity contribution is 0.148. The van der Waals surface area contributed by atoms with E-state index < -0.39 is 0 Å². The highest BCUT2D eigenvalue weighted by Gasteiger charge is 1.99. The molecule has 0 bridgehead atoms. The van der Waals surface area contributed by atoms with Gasteiger partial charge in [-0.2, -0.15) is 0 Å². The smallest absolute Gasteiger partial charge is 0.0696 e. The molecule has 1 N–H and O–H groups in total. The number of aromatic nitrogens is 2. The Labute approximate surface area is 60.2 Å². The zero-order valence-corrected chi connectivity index (χ0v) is 6.28. The summed E-state index contributed by atoms with van der Waals surface area (Å²) in [5, 5.41) is 12.4. The molecule has 0 saturated carbocycles. The van der Waals surface area contributed by atoms with E-state index in [1.165, 1.54) is 0 Å². The van der Waals surface area contributed by atoms with Crippen LogP contribution >= 0.6 is 0 Å². The highest BCUT2D eigenvalue weighted by Crippen LogP contribution is 2.04. The normalized spacial score (nSPS) is 10.7. The van der Waals surface area contributed by atoms with E-state index in [2.05, 4.69) is 18.9 Å². The van der Waals surface area contributed by atoms with Crippen LogP contribution in [0.3, 0.4) is 0 Å². The van der Waals surface area contributed by atoms with Gasteiger partial charge in [0, 0.05) is 0 Å². The second kappa shape index (κ2) is 2.73. The molecule has 0 amide bonds. The predicted octanol–water partition coefficient (Wildman–Crippen LogP) is 1.32. The maximum atomic E-state index is 8.77. The molecule has 0 aromatic carbocycles. The molecule has 10 heavy (non-hydrogen) atoms. The Morgan fingerprint density at radius 3 is 2.80 bits per heavy atom. The second-order valence-corrected chi connectivity index (χ2v) is 2.87. The summed E-state index contributed by atoms with van der Waals surface area (Å²) < 4.78 is 0. The Morgan fingerprint density at radius 1 is 1.70 bits per heavy atom. The molecule has 0 unspecified atom stereocenters. The van der Waals surface area contributed by atoms with Crippen LogP contribution in [0.25, 0.3) is 0 Å². The largest absolute Gasteiger partial charge is 0.412 e. The van der Waals surface area contributed by atoms with E-state index in [-0.39, 0.29) is 0 Å². The summed E-state index contributed by atoms with van der Waals surface area (Å²) in [6, 6.07) is 0. The molecule has 0 spiro atoms. The highest BCUT2D eigenvalue weighted by molar-refractivity contribution is 5.03. The molecule has 0 aliphatic rings. The molecule has 0 atom stereocenters. The monoisotopic (exact) mass is 140 g/mol. The lowest BCUT2D eigenvalue weighted by Crippen LogP contribution is -1.92. The first kappa shape index (κ1) is 7.12. The maximum Gasteiger partial charge on any atom is 0.0696 e. The third-order valence-corrected chi connectivity index (χ3v) is 1.27. The van der Waals surface area contributed by atoms with Gasteiger partial charge in [0.15, 0.2) is 0 Å². The Balaban J connectivity index is 2.58. The van der Waals surface area contributed by atoms with Gasteiger partial charge in [-0.1, -0.05) is 13.8 Å². The van der Waals surface area contributed by atoms with Crippen LogP contribution in [0.1, 0.15) is 19.4 Å². The van der Waals surface area contributed by atoms with Gasteiger partial charge in [0.25, 0.3) is 0 Å². The lowest BCUT2D eigenvalue weighted by Gasteiger charge is -1.98. The van der Waals surface area contributed by atoms with Crippen molar-refractivity contribution in [3.8, 4) is 0 Å². The molecule has 0 aliphatic carbocycles. The minimum Gasteiger partial charge on any atom is -0.412 e. The quantitative estimate of drug-likeness (QED) is 0.629. The maximum absolute atomic E-state index is 8.77. The summed E-state index contributed by atoms with van der Waals surface area (Å²) in [6.07, 6.45) is 4.28. The van der Waals surface area contributed by atoms with Gasteiger partial charge >= 0.3 is 0 Å². The average Bonchev–Trinajstić information content (AvgIpc) is 2.13. The second-order valence-electron chi connectivity index (χ2n) is 2.87. The molecule has 1 aromatic rings. The summed E-state index contributed by atoms with van der Waals surface area (Å²) in [6.45, 7) is 4.27. The fraction of sp³-hybridized carbons (Fsp3) is 0.571. The fourth-order valence-corrected chi connectivity index (χ4v) is 0.925. The summed E-state index contributed by atoms with van der Waals surface area (Å²) in [7, 11) is 0. The first-order valence-electron chi connectivity index (χ1n) is 3.41. The zero-order chi connectivity index (χ0) is 7.56. The van der Waals surface area contributed by atoms with E-state index in [9.17, 15) is 0 Å². The first-order chi connectivity index (χ1) is 4.68. The van der Waals surface area contributed by atoms with Gasteiger partial charge < -0.3 is 5.21 Å². The van der Waals surface area contributed by atoms with Crippen molar-refractivity contribution in [2.45, 2.75) is 20.3 Å². The first-order valence-corrected chi connectivity index (χ1v) is 3.41. The van der Waals surface area contributed by atoms with Crippen LogP contribution in [-0.2, 0) is 6.42 Å². The Kier molecular flexibility index (Phi) is 1.94. The van der Waals surface area contributed by atoms with Crippen molar-refractivity contribution in [1.82, 2.24) is 9.94 Å². The van der Waals surface area contributed by atoms with Crippen LogP contribution in [0, 0.1) is 5.92 Å². The van der Waals surface area contributed by atoms with Crippen molar-refractivity contribution in [2.75, 3.05) is 0 Å². The van der Waals surface area contributed by atoms with Crippen LogP contribution in [0.4, 0.5) is 0 Å². The summed E-state index contributed by atoms with van der Waals surface area (Å²) >= 11 is 0. The zero-order valence-electron chi connectivity index (χ0n) is 6.28. The minimum absolute atomic E-state index is 0.615. The van der Waals surface area contributed by atoms with E-state index in [0.717, 1.165) is 16.8 Å². The molecule has 0 saturated heterocycles. The van der Waals surface area contributed by atoms with E-state index >= 15 is 0 Å². The van der Waals surface area contributed by atoms with Crippen molar-refractivity contribution in [2.24, 2.45) is 5.92 Å². The number of hydrogen-bond acceptors (Lipinski definition) is 2. The molecule has 3 nitrogen and oxygen atoms in total. The van der Waals surface area contributed by atoms with Gasteiger partial charge in [0.1, 0.15) is 0 Å². The van der Waals surface area contributed by atoms with Crippen molar-refractivity contribution < 1.29 is 5.21 Å². The molecule has 56 valence electrons. The van der Waals surface area contributed by atoms with Crippen molar-refractivity contribution in [3.63, 3.8) is 0 Å². The third-order valence-electron chi connectivity index (χ3n) is 1.27. The average molecular weight is 140 g/mol. The van der Waals surface area contributed by atoms with Gasteiger partial charge in [0.05, 0.1) is 12.4 Å². The van der Waals surface area contributed by atoms with Crippen LogP contribution in [0.15, 0.2) is 12.4 Å². The van der Waals surface area contributed by atoms with Crippen LogP contribution in [0.5, 0.6) is 0 Å². The number of nitrogens with zero attached hydrogens (tertiary/aromatic N) is 2. The van der Waals surface area contributed by atoms with E-state index in [0.29, 0.717) is 5.92 Å². The van der Waals surface area contributed by atoms with Crippen molar-refractivity contribution in [1.29, 1.82) is 0 Å². The Morgan fingerprint density at radius 2 is 2.40 bits per heavy atom. The van der Waals surface area contributed by atoms with Gasteiger partial charge in [0.2, 0.25) is 0 Å². The van der Waals surface area contributed by atoms with Crippen molar-refractivity contribution in [3.05, 3.63) is 18.0 Å². The molecule has 0 fully saturated rings. The Hall–Kier alpha value is -0.990. The van der Waals surface area contributed by atoms with Crippen LogP contribution < -0.4 is 0 Å². The molecule has 3 heteroatoms. The van der Waals surface area contributed by atoms with E-state index in [1.807, 2.05) is 0 Å². The Bertz CT molecular complexity index is 205. The van der Waals surface area contributed by atoms with Gasteiger partial charge in [-0.15, -0.1) is 9.94 Å². The molecule has 0 aliphatic heterocycles. The summed E-state index contributed by atoms with van der Waals surface area (Å²) in [5.41, 5.74) is 1.08. The van der Waals surface area contributed by atoms with Gasteiger partial charge in [-0.05, 0) is 17.9 Å². The number of hydrogen-bond donors (Lipinski definition) is 1. The summed E-state index contributed by atoms with van der Waals surface area (Å²) in [4.78, 5) is 0.845. The minimum atomic E-state index is 0.615. The molecule has 1 heterocycles. The van der Waals surface area contributed by atoms with Crippen LogP contribution in [-0.4, -0.2) is 15.2 Å². The van der Waals surface area contributed by atoms with Crippen molar-refractivity contribution >= 4 is 0 Å². The van der Waals surface area contributed by atoms with E-state index in [4.69, 9.17) is 5.21 Å². The van der Waals surface area contributed by atoms with Gasteiger partial charge in [-0.3, -0.25) is 0 Å². The van der Waals surface area contributed by atoms with Gasteiger partial charge in [-0.25, -0.2) is 0 Å². The number of rotatable bonds is 2. The lowest BCUT2D eigenvalue weighted by atomic mass is 10.1. The molecular weight excluding hydrogens is 128 g/mol. The fourth-order valence-electron chi connectivity index (χ4n) is 0.925. The predicted molar refractivity (Wildman–Crippen MR) is 38.0 cm³/mol. The molecule has 0 radical (unpaired) electrons. The molecule has 1 rings (SSSR count). The molecular formula is C7H12N2O. The third kappa shape index (κ3) is 1.76. The van der Waals surface area contributed by atoms with Crippen LogP contribution in [0.2, 0.25) is 0 Å². The topological polar surface area (TPSA) is 38.0 Å². The standard InChI is InChI=1S/C7H12N2O/c1-6(2)3-7-4-8-9(10)5-7/h4-6,10H,3H2,1-2H3. The highest BCUT2D eigenvalue weighted by atomic mass is 16.5. The van der Waals surface area contributed by atoms with E-state index in [1.54, 1.807) is 12.4 Å². The SMILES string of the molecule is CC(C)Cc1cnn(O)c1. The summed E-state index contributed by atoms with van der Waals surface area (Å²) in [5.74, 6) is 0.615. The molecule has 1 aromatic heterocycles.